The molecule has 0 aliphatic carbocycles. The Bertz CT molecular complexity index is 1200. The number of aliphatic hydroxyl groups excluding tert-OH is 3. The number of benzene rings is 1. The molecule has 4 atom stereocenters. The van der Waals surface area contributed by atoms with E-state index in [1.165, 1.54) is 4.57 Å². The van der Waals surface area contributed by atoms with Gasteiger partial charge in [0.05, 0.1) is 12.9 Å². The molecule has 1 saturated heterocycles. The summed E-state index contributed by atoms with van der Waals surface area (Å²) in [5.41, 5.74) is 1.60. The summed E-state index contributed by atoms with van der Waals surface area (Å²) < 4.78 is 22.8. The van der Waals surface area contributed by atoms with Crippen LogP contribution in [0.4, 0.5) is 0 Å². The highest BCUT2D eigenvalue weighted by atomic mass is 16.6. The molecule has 29 heavy (non-hydrogen) atoms. The molecule has 1 aliphatic rings. The first-order chi connectivity index (χ1) is 14.6. The molecule has 10 nitrogen and oxygen atoms in total. The molecule has 0 amide bonds. The predicted molar refractivity (Wildman–Crippen MR) is 100 cm³/mol. The van der Waals surface area contributed by atoms with Crippen molar-refractivity contribution in [3.05, 3.63) is 54.6 Å². The molecule has 1 aliphatic heterocycles. The van der Waals surface area contributed by atoms with Gasteiger partial charge < -0.3 is 24.8 Å². The van der Waals surface area contributed by atoms with E-state index in [0.29, 0.717) is 16.9 Å². The third kappa shape index (κ3) is 2.93. The van der Waals surface area contributed by atoms with Crippen molar-refractivity contribution in [3.63, 3.8) is 0 Å². The van der Waals surface area contributed by atoms with Crippen LogP contribution in [0.1, 0.15) is 13.2 Å². The van der Waals surface area contributed by atoms with Crippen LogP contribution in [0.25, 0.3) is 16.9 Å². The molecule has 0 bridgehead atoms. The second-order valence-electron chi connectivity index (χ2n) is 6.77. The molecule has 1 aromatic carbocycles. The van der Waals surface area contributed by atoms with E-state index in [4.69, 9.17) is 10.8 Å². The van der Waals surface area contributed by atoms with Crippen molar-refractivity contribution < 1.29 is 26.2 Å². The van der Waals surface area contributed by atoms with Gasteiger partial charge in [0.1, 0.15) is 26.3 Å². The highest BCUT2D eigenvalue weighted by molar-refractivity contribution is 5.79. The van der Waals surface area contributed by atoms with Gasteiger partial charge in [-0.3, -0.25) is 8.97 Å². The first-order valence-electron chi connectivity index (χ1n) is 9.59. The third-order valence-electron chi connectivity index (χ3n) is 4.95. The van der Waals surface area contributed by atoms with E-state index in [2.05, 4.69) is 15.0 Å². The van der Waals surface area contributed by atoms with Crippen molar-refractivity contribution in [2.75, 3.05) is 6.61 Å². The minimum atomic E-state index is -1.36. The average Bonchev–Trinajstić information content (AvgIpc) is 3.43. The summed E-state index contributed by atoms with van der Waals surface area (Å²) in [6.07, 6.45) is -1.78. The van der Waals surface area contributed by atoms with Crippen LogP contribution in [0.5, 0.6) is 5.88 Å². The molecule has 5 rings (SSSR count). The first-order valence-corrected chi connectivity index (χ1v) is 9.09. The molecule has 1 fully saturated rings. The lowest BCUT2D eigenvalue weighted by Gasteiger charge is -2.17. The number of imidazole rings is 2. The lowest BCUT2D eigenvalue weighted by molar-refractivity contribution is -0.0511. The number of aliphatic hydroxyl groups is 3. The van der Waals surface area contributed by atoms with Crippen molar-refractivity contribution >= 4 is 16.9 Å². The first kappa shape index (κ1) is 16.9. The molecule has 0 spiro atoms. The fourth-order valence-electron chi connectivity index (χ4n) is 3.47. The summed E-state index contributed by atoms with van der Waals surface area (Å²) in [5, 5.41) is 30.0. The van der Waals surface area contributed by atoms with Gasteiger partial charge >= 0.3 is 0 Å². The van der Waals surface area contributed by atoms with Gasteiger partial charge in [-0.2, -0.15) is 4.98 Å². The van der Waals surface area contributed by atoms with Gasteiger partial charge in [-0.15, -0.1) is 0 Å². The zero-order valence-electron chi connectivity index (χ0n) is 16.2. The van der Waals surface area contributed by atoms with E-state index in [-0.39, 0.29) is 18.8 Å². The van der Waals surface area contributed by atoms with Crippen LogP contribution >= 0.6 is 0 Å². The normalized spacial score (nSPS) is 25.0. The Balaban J connectivity index is 1.63. The molecule has 1 unspecified atom stereocenters. The summed E-state index contributed by atoms with van der Waals surface area (Å²) in [5.74, 6) is 0.505. The Morgan fingerprint density at radius 1 is 1.17 bits per heavy atom. The van der Waals surface area contributed by atoms with Gasteiger partial charge in [-0.1, -0.05) is 30.3 Å². The van der Waals surface area contributed by atoms with Crippen molar-refractivity contribution in [2.45, 2.75) is 31.1 Å². The van der Waals surface area contributed by atoms with E-state index < -0.39 is 31.1 Å². The van der Waals surface area contributed by atoms with E-state index >= 15 is 0 Å². The molecular formula is C19H19N5O5. The minimum Gasteiger partial charge on any atom is -0.471 e. The molecule has 150 valence electrons. The summed E-state index contributed by atoms with van der Waals surface area (Å²) in [7, 11) is 0. The topological polar surface area (TPSA) is 127 Å². The number of nitrogens with zero attached hydrogens (tertiary/aromatic N) is 5. The van der Waals surface area contributed by atoms with Gasteiger partial charge in [0.2, 0.25) is 11.7 Å². The summed E-state index contributed by atoms with van der Waals surface area (Å²) in [6.45, 7) is -0.226. The van der Waals surface area contributed by atoms with Crippen LogP contribution < -0.4 is 4.74 Å². The maximum absolute atomic E-state index is 10.5. The maximum Gasteiger partial charge on any atom is 0.247 e. The predicted octanol–water partition coefficient (Wildman–Crippen LogP) is 0.269. The fraction of sp³-hybridized carbons (Fsp3) is 0.316. The molecular weight excluding hydrogens is 380 g/mol. The van der Waals surface area contributed by atoms with Crippen LogP contribution in [0.15, 0.2) is 49.0 Å². The van der Waals surface area contributed by atoms with Crippen LogP contribution in [0.2, 0.25) is 0 Å². The molecule has 3 N–H and O–H groups in total. The van der Waals surface area contributed by atoms with Gasteiger partial charge in [0.15, 0.2) is 17.4 Å². The van der Waals surface area contributed by atoms with Gasteiger partial charge in [-0.25, -0.2) is 9.97 Å². The van der Waals surface area contributed by atoms with E-state index in [0.717, 1.165) is 5.56 Å². The Kier molecular flexibility index (Phi) is 4.12. The van der Waals surface area contributed by atoms with Gasteiger partial charge in [0, 0.05) is 12.4 Å². The third-order valence-corrected chi connectivity index (χ3v) is 4.95. The number of fused-ring (bicyclic) bond motifs is 3. The zero-order valence-corrected chi connectivity index (χ0v) is 15.2. The monoisotopic (exact) mass is 400 g/mol. The Hall–Kier alpha value is -3.05. The largest absolute Gasteiger partial charge is 0.471 e. The maximum atomic E-state index is 10.5. The lowest BCUT2D eigenvalue weighted by atomic mass is 10.1. The second kappa shape index (κ2) is 7.08. The van der Waals surface area contributed by atoms with Crippen molar-refractivity contribution in [3.8, 4) is 5.88 Å². The standard InChI is InChI=1S/C19H19N5O5/c25-8-12-14(26)15(27)18(29-12)24-10-21-13-16(28-9-11-4-2-1-3-5-11)22-19-20-6-7-23(19)17(13)24/h1-7,10,12,14-15,18,25-27H,8-9H2/t12-,14+,15?,18-/m1/s1/i6+1,7+1,10D. The fourth-order valence-corrected chi connectivity index (χ4v) is 3.47. The SMILES string of the molecule is [2H]c1nc2c(OCc3ccccc3)nc3n[13cH][13cH]n3c2n1[C@@H]1O[C@H](CO)[C@H](O)C1O. The van der Waals surface area contributed by atoms with Crippen molar-refractivity contribution in [1.29, 1.82) is 0 Å². The second-order valence-corrected chi connectivity index (χ2v) is 6.77. The van der Waals surface area contributed by atoms with Crippen LogP contribution in [0.3, 0.4) is 0 Å². The quantitative estimate of drug-likeness (QED) is 0.436. The molecule has 0 saturated carbocycles. The van der Waals surface area contributed by atoms with Gasteiger partial charge in [0.25, 0.3) is 0 Å². The lowest BCUT2D eigenvalue weighted by Crippen LogP contribution is -2.33. The van der Waals surface area contributed by atoms with E-state index in [1.807, 2.05) is 30.3 Å². The van der Waals surface area contributed by atoms with Crippen molar-refractivity contribution in [2.24, 2.45) is 0 Å². The Labute approximate surface area is 166 Å². The zero-order chi connectivity index (χ0) is 20.8. The van der Waals surface area contributed by atoms with Gasteiger partial charge in [-0.05, 0) is 5.56 Å². The van der Waals surface area contributed by atoms with Crippen LogP contribution in [-0.2, 0) is 11.3 Å². The van der Waals surface area contributed by atoms with Crippen molar-refractivity contribution in [1.82, 2.24) is 23.9 Å². The Morgan fingerprint density at radius 2 is 2.00 bits per heavy atom. The summed E-state index contributed by atoms with van der Waals surface area (Å²) in [6, 6.07) is 9.54. The van der Waals surface area contributed by atoms with Crippen LogP contribution in [-0.4, -0.2) is 64.2 Å². The smallest absolute Gasteiger partial charge is 0.247 e. The molecule has 4 aromatic rings. The molecule has 4 heterocycles. The molecule has 3 aromatic heterocycles. The number of hydrogen-bond donors (Lipinski definition) is 3. The summed E-state index contributed by atoms with van der Waals surface area (Å²) in [4.78, 5) is 12.9. The number of hydrogen-bond acceptors (Lipinski definition) is 8. The summed E-state index contributed by atoms with van der Waals surface area (Å²) >= 11 is 0. The number of aromatic nitrogens is 5. The number of rotatable bonds is 5. The molecule has 0 radical (unpaired) electrons. The Morgan fingerprint density at radius 3 is 2.76 bits per heavy atom. The number of ether oxygens (including phenoxy) is 2. The van der Waals surface area contributed by atoms with E-state index in [1.54, 1.807) is 16.8 Å². The highest BCUT2D eigenvalue weighted by Gasteiger charge is 2.44. The van der Waals surface area contributed by atoms with Crippen LogP contribution in [0, 0.1) is 0 Å². The highest BCUT2D eigenvalue weighted by Crippen LogP contribution is 2.33. The average molecular weight is 400 g/mol. The molecule has 10 heteroatoms. The van der Waals surface area contributed by atoms with E-state index in [9.17, 15) is 15.3 Å². The minimum absolute atomic E-state index is 0.187.